The lowest BCUT2D eigenvalue weighted by molar-refractivity contribution is 0.0990. The van der Waals surface area contributed by atoms with Gasteiger partial charge < -0.3 is 0 Å². The summed E-state index contributed by atoms with van der Waals surface area (Å²) in [6.07, 6.45) is 0.527. The minimum atomic E-state index is 0.106. The van der Waals surface area contributed by atoms with Gasteiger partial charge in [-0.2, -0.15) is 0 Å². The molecule has 0 bridgehead atoms. The van der Waals surface area contributed by atoms with E-state index in [1.165, 1.54) is 0 Å². The summed E-state index contributed by atoms with van der Waals surface area (Å²) in [5.74, 6) is 0.309. The van der Waals surface area contributed by atoms with E-state index in [9.17, 15) is 4.79 Å². The van der Waals surface area contributed by atoms with Gasteiger partial charge >= 0.3 is 0 Å². The summed E-state index contributed by atoms with van der Waals surface area (Å²) in [5, 5.41) is 1.17. The summed E-state index contributed by atoms with van der Waals surface area (Å²) < 4.78 is 0. The average Bonchev–Trinajstić information content (AvgIpc) is 2.36. The number of Topliss-reactive ketones (excluding diaryl/α,β-unsaturated/α-hetero) is 1. The van der Waals surface area contributed by atoms with Gasteiger partial charge in [0.2, 0.25) is 0 Å². The van der Waals surface area contributed by atoms with Gasteiger partial charge in [0.1, 0.15) is 0 Å². The number of ketones is 1. The number of benzene rings is 1. The van der Waals surface area contributed by atoms with Crippen LogP contribution in [0.4, 0.5) is 0 Å². The van der Waals surface area contributed by atoms with Gasteiger partial charge in [-0.15, -0.1) is 0 Å². The normalized spacial score (nSPS) is 20.5. The first kappa shape index (κ1) is 9.04. The number of hydrogen-bond donors (Lipinski definition) is 0. The zero-order valence-corrected chi connectivity index (χ0v) is 8.62. The Morgan fingerprint density at radius 3 is 2.54 bits per heavy atom. The number of carbonyl (C=O) groups excluding carboxylic acids is 1. The van der Waals surface area contributed by atoms with Crippen molar-refractivity contribution in [2.45, 2.75) is 19.3 Å². The minimum absolute atomic E-state index is 0.106. The number of rotatable bonds is 0. The molecule has 0 saturated carbocycles. The molecule has 0 radical (unpaired) electrons. The molecule has 0 aromatic heterocycles. The van der Waals surface area contributed by atoms with Crippen molar-refractivity contribution >= 4 is 29.0 Å². The van der Waals surface area contributed by atoms with Crippen LogP contribution in [0.2, 0.25) is 10.0 Å². The summed E-state index contributed by atoms with van der Waals surface area (Å²) in [4.78, 5) is 11.5. The van der Waals surface area contributed by atoms with Crippen LogP contribution in [0.1, 0.15) is 35.2 Å². The van der Waals surface area contributed by atoms with Crippen LogP contribution >= 0.6 is 23.2 Å². The van der Waals surface area contributed by atoms with E-state index in [2.05, 4.69) is 0 Å². The van der Waals surface area contributed by atoms with E-state index < -0.39 is 0 Å². The van der Waals surface area contributed by atoms with E-state index in [-0.39, 0.29) is 11.7 Å². The standard InChI is InChI=1S/C10H8Cl2O/c1-5-4-8(13)10-7(12)3-2-6(11)9(5)10/h2-3,5H,4H2,1H3/t5-/m0/s1. The first-order chi connectivity index (χ1) is 6.11. The fourth-order valence-corrected chi connectivity index (χ4v) is 2.43. The van der Waals surface area contributed by atoms with Gasteiger partial charge in [0.25, 0.3) is 0 Å². The second-order valence-corrected chi connectivity index (χ2v) is 4.16. The highest BCUT2D eigenvalue weighted by Crippen LogP contribution is 2.40. The maximum Gasteiger partial charge on any atom is 0.165 e. The molecule has 1 aliphatic rings. The van der Waals surface area contributed by atoms with Gasteiger partial charge in [0, 0.05) is 17.0 Å². The van der Waals surface area contributed by atoms with E-state index in [0.29, 0.717) is 22.0 Å². The Morgan fingerprint density at radius 1 is 1.31 bits per heavy atom. The molecule has 2 rings (SSSR count). The molecule has 1 aliphatic carbocycles. The van der Waals surface area contributed by atoms with Crippen molar-refractivity contribution in [2.75, 3.05) is 0 Å². The molecule has 0 N–H and O–H groups in total. The van der Waals surface area contributed by atoms with Crippen molar-refractivity contribution in [3.8, 4) is 0 Å². The highest BCUT2D eigenvalue weighted by atomic mass is 35.5. The van der Waals surface area contributed by atoms with Gasteiger partial charge in [0.15, 0.2) is 5.78 Å². The second kappa shape index (κ2) is 3.00. The van der Waals surface area contributed by atoms with E-state index >= 15 is 0 Å². The summed E-state index contributed by atoms with van der Waals surface area (Å²) in [7, 11) is 0. The first-order valence-electron chi connectivity index (χ1n) is 4.12. The van der Waals surface area contributed by atoms with Crippen molar-refractivity contribution in [3.05, 3.63) is 33.3 Å². The third kappa shape index (κ3) is 1.27. The Labute approximate surface area is 86.7 Å². The summed E-state index contributed by atoms with van der Waals surface area (Å²) >= 11 is 11.9. The van der Waals surface area contributed by atoms with Gasteiger partial charge in [0.05, 0.1) is 5.02 Å². The van der Waals surface area contributed by atoms with Gasteiger partial charge in [-0.05, 0) is 23.6 Å². The molecular weight excluding hydrogens is 207 g/mol. The lowest BCUT2D eigenvalue weighted by atomic mass is 10.0. The van der Waals surface area contributed by atoms with Crippen LogP contribution in [0, 0.1) is 0 Å². The zero-order chi connectivity index (χ0) is 9.59. The largest absolute Gasteiger partial charge is 0.294 e. The highest BCUT2D eigenvalue weighted by Gasteiger charge is 2.30. The lowest BCUT2D eigenvalue weighted by Crippen LogP contribution is -1.92. The lowest BCUT2D eigenvalue weighted by Gasteiger charge is -2.06. The topological polar surface area (TPSA) is 17.1 Å². The van der Waals surface area contributed by atoms with Gasteiger partial charge in [-0.25, -0.2) is 0 Å². The molecule has 0 saturated heterocycles. The molecule has 0 heterocycles. The van der Waals surface area contributed by atoms with Crippen LogP contribution in [0.3, 0.4) is 0 Å². The first-order valence-corrected chi connectivity index (χ1v) is 4.88. The van der Waals surface area contributed by atoms with Crippen LogP contribution in [0.25, 0.3) is 0 Å². The zero-order valence-electron chi connectivity index (χ0n) is 7.10. The molecule has 68 valence electrons. The number of halogens is 2. The molecule has 0 fully saturated rings. The predicted molar refractivity (Wildman–Crippen MR) is 53.8 cm³/mol. The number of carbonyl (C=O) groups is 1. The maximum atomic E-state index is 11.5. The van der Waals surface area contributed by atoms with Crippen molar-refractivity contribution in [2.24, 2.45) is 0 Å². The third-order valence-corrected chi connectivity index (χ3v) is 3.05. The number of hydrogen-bond acceptors (Lipinski definition) is 1. The summed E-state index contributed by atoms with van der Waals surface area (Å²) in [6.45, 7) is 1.99. The third-order valence-electron chi connectivity index (χ3n) is 2.40. The fraction of sp³-hybridized carbons (Fsp3) is 0.300. The van der Waals surface area contributed by atoms with E-state index in [1.807, 2.05) is 6.92 Å². The summed E-state index contributed by atoms with van der Waals surface area (Å²) in [5.41, 5.74) is 1.54. The highest BCUT2D eigenvalue weighted by molar-refractivity contribution is 6.37. The molecule has 1 atom stereocenters. The predicted octanol–water partition coefficient (Wildman–Crippen LogP) is 3.68. The van der Waals surface area contributed by atoms with Gasteiger partial charge in [-0.3, -0.25) is 4.79 Å². The maximum absolute atomic E-state index is 11.5. The molecule has 0 amide bonds. The van der Waals surface area contributed by atoms with Gasteiger partial charge in [-0.1, -0.05) is 30.1 Å². The van der Waals surface area contributed by atoms with Crippen LogP contribution in [-0.2, 0) is 0 Å². The second-order valence-electron chi connectivity index (χ2n) is 3.35. The van der Waals surface area contributed by atoms with E-state index in [1.54, 1.807) is 12.1 Å². The Kier molecular flexibility index (Phi) is 2.09. The molecule has 1 nitrogen and oxygen atoms in total. The van der Waals surface area contributed by atoms with Crippen molar-refractivity contribution in [1.29, 1.82) is 0 Å². The minimum Gasteiger partial charge on any atom is -0.294 e. The Balaban J connectivity index is 2.74. The smallest absolute Gasteiger partial charge is 0.165 e. The van der Waals surface area contributed by atoms with Crippen LogP contribution in [-0.4, -0.2) is 5.78 Å². The number of fused-ring (bicyclic) bond motifs is 1. The van der Waals surface area contributed by atoms with Crippen molar-refractivity contribution in [3.63, 3.8) is 0 Å². The summed E-state index contributed by atoms with van der Waals surface area (Å²) in [6, 6.07) is 3.43. The van der Waals surface area contributed by atoms with Crippen LogP contribution in [0.5, 0.6) is 0 Å². The Morgan fingerprint density at radius 2 is 1.92 bits per heavy atom. The monoisotopic (exact) mass is 214 g/mol. The van der Waals surface area contributed by atoms with Crippen LogP contribution in [0.15, 0.2) is 12.1 Å². The van der Waals surface area contributed by atoms with Crippen molar-refractivity contribution in [1.82, 2.24) is 0 Å². The van der Waals surface area contributed by atoms with E-state index in [0.717, 1.165) is 5.56 Å². The SMILES string of the molecule is C[C@H]1CC(=O)c2c(Cl)ccc(Cl)c21. The molecule has 1 aromatic carbocycles. The van der Waals surface area contributed by atoms with Crippen LogP contribution < -0.4 is 0 Å². The molecule has 0 aliphatic heterocycles. The molecule has 3 heteroatoms. The van der Waals surface area contributed by atoms with E-state index in [4.69, 9.17) is 23.2 Å². The Hall–Kier alpha value is -0.530. The molecule has 1 aromatic rings. The molecule has 13 heavy (non-hydrogen) atoms. The Bertz CT molecular complexity index is 385. The molecule has 0 unspecified atom stereocenters. The average molecular weight is 215 g/mol. The molecular formula is C10H8Cl2O. The quantitative estimate of drug-likeness (QED) is 0.645. The molecule has 0 spiro atoms. The fourth-order valence-electron chi connectivity index (χ4n) is 1.81. The van der Waals surface area contributed by atoms with Crippen molar-refractivity contribution < 1.29 is 4.79 Å².